The van der Waals surface area contributed by atoms with Crippen LogP contribution in [0.3, 0.4) is 0 Å². The van der Waals surface area contributed by atoms with Crippen LogP contribution in [-0.4, -0.2) is 13.2 Å². The smallest absolute Gasteiger partial charge is 0.163 e. The van der Waals surface area contributed by atoms with Crippen LogP contribution in [0.5, 0.6) is 11.5 Å². The summed E-state index contributed by atoms with van der Waals surface area (Å²) < 4.78 is 37.6. The van der Waals surface area contributed by atoms with Crippen molar-refractivity contribution in [2.45, 2.75) is 6.54 Å². The second-order valence-electron chi connectivity index (χ2n) is 4.67. The van der Waals surface area contributed by atoms with Crippen LogP contribution >= 0.6 is 0 Å². The average molecular weight is 292 g/mol. The third-order valence-electron chi connectivity index (χ3n) is 3.19. The molecular formula is C15H14F2N2O2. The molecular weight excluding hydrogens is 278 g/mol. The molecule has 0 fully saturated rings. The van der Waals surface area contributed by atoms with Crippen molar-refractivity contribution in [1.82, 2.24) is 0 Å². The van der Waals surface area contributed by atoms with Gasteiger partial charge in [-0.15, -0.1) is 0 Å². The number of anilines is 2. The van der Waals surface area contributed by atoms with Gasteiger partial charge >= 0.3 is 0 Å². The molecule has 0 atom stereocenters. The van der Waals surface area contributed by atoms with E-state index < -0.39 is 11.6 Å². The lowest BCUT2D eigenvalue weighted by molar-refractivity contribution is 0.172. The fourth-order valence-corrected chi connectivity index (χ4v) is 2.13. The van der Waals surface area contributed by atoms with Crippen molar-refractivity contribution in [3.8, 4) is 11.5 Å². The highest BCUT2D eigenvalue weighted by atomic mass is 19.1. The quantitative estimate of drug-likeness (QED) is 0.854. The minimum atomic E-state index is -0.483. The Balaban J connectivity index is 1.80. The fraction of sp³-hybridized carbons (Fsp3) is 0.200. The van der Waals surface area contributed by atoms with Crippen molar-refractivity contribution in [2.24, 2.45) is 0 Å². The molecule has 110 valence electrons. The van der Waals surface area contributed by atoms with Crippen LogP contribution in [0.1, 0.15) is 5.56 Å². The van der Waals surface area contributed by atoms with E-state index in [-0.39, 0.29) is 12.1 Å². The highest BCUT2D eigenvalue weighted by Crippen LogP contribution is 2.37. The summed E-state index contributed by atoms with van der Waals surface area (Å²) in [6.45, 7) is 1.07. The van der Waals surface area contributed by atoms with Crippen LogP contribution in [0.25, 0.3) is 0 Å². The Hall–Kier alpha value is -2.50. The topological polar surface area (TPSA) is 56.5 Å². The van der Waals surface area contributed by atoms with E-state index in [9.17, 15) is 8.78 Å². The van der Waals surface area contributed by atoms with Crippen molar-refractivity contribution in [2.75, 3.05) is 24.3 Å². The summed E-state index contributed by atoms with van der Waals surface area (Å²) in [7, 11) is 0. The fourth-order valence-electron chi connectivity index (χ4n) is 2.13. The molecule has 2 aromatic carbocycles. The number of nitrogens with two attached hydrogens (primary N) is 1. The lowest BCUT2D eigenvalue weighted by Crippen LogP contribution is -2.16. The third kappa shape index (κ3) is 2.84. The van der Waals surface area contributed by atoms with Gasteiger partial charge in [-0.1, -0.05) is 0 Å². The Kier molecular flexibility index (Phi) is 3.51. The molecule has 0 saturated carbocycles. The van der Waals surface area contributed by atoms with Gasteiger partial charge in [0.05, 0.1) is 11.4 Å². The number of hydrogen-bond acceptors (Lipinski definition) is 4. The minimum absolute atomic E-state index is 0.118. The van der Waals surface area contributed by atoms with Crippen LogP contribution in [-0.2, 0) is 6.54 Å². The molecule has 6 heteroatoms. The summed E-state index contributed by atoms with van der Waals surface area (Å²) in [5, 5.41) is 2.98. The number of nitrogen functional groups attached to an aromatic ring is 1. The normalized spacial score (nSPS) is 13.0. The summed E-state index contributed by atoms with van der Waals surface area (Å²) in [5.74, 6) is 0.210. The first kappa shape index (κ1) is 13.5. The minimum Gasteiger partial charge on any atom is -0.486 e. The molecule has 1 heterocycles. The van der Waals surface area contributed by atoms with Gasteiger partial charge in [0.15, 0.2) is 11.5 Å². The molecule has 0 amide bonds. The molecule has 0 bridgehead atoms. The molecule has 0 spiro atoms. The average Bonchev–Trinajstić information content (AvgIpc) is 2.48. The molecule has 0 aliphatic carbocycles. The number of ether oxygens (including phenoxy) is 2. The first-order valence-corrected chi connectivity index (χ1v) is 6.50. The second-order valence-corrected chi connectivity index (χ2v) is 4.67. The number of hydrogen-bond donors (Lipinski definition) is 2. The van der Waals surface area contributed by atoms with Crippen LogP contribution < -0.4 is 20.5 Å². The monoisotopic (exact) mass is 292 g/mol. The molecule has 0 radical (unpaired) electrons. The third-order valence-corrected chi connectivity index (χ3v) is 3.19. The number of nitrogens with one attached hydrogen (secondary N) is 1. The van der Waals surface area contributed by atoms with Crippen LogP contribution in [0.15, 0.2) is 30.3 Å². The number of fused-ring (bicyclic) bond motifs is 1. The molecule has 0 unspecified atom stereocenters. The van der Waals surface area contributed by atoms with Gasteiger partial charge < -0.3 is 20.5 Å². The summed E-state index contributed by atoms with van der Waals surface area (Å²) in [6, 6.07) is 6.67. The first-order valence-electron chi connectivity index (χ1n) is 6.50. The van der Waals surface area contributed by atoms with Gasteiger partial charge in [-0.25, -0.2) is 8.78 Å². The molecule has 3 N–H and O–H groups in total. The van der Waals surface area contributed by atoms with Gasteiger partial charge in [0.25, 0.3) is 0 Å². The zero-order valence-electron chi connectivity index (χ0n) is 11.2. The standard InChI is InChI=1S/C15H14F2N2O2/c16-10-1-2-11(17)9(5-10)8-19-13-7-15-14(6-12(13)18)20-3-4-21-15/h1-2,5-7,19H,3-4,8,18H2. The van der Waals surface area contributed by atoms with E-state index in [1.165, 1.54) is 0 Å². The zero-order valence-corrected chi connectivity index (χ0v) is 11.2. The van der Waals surface area contributed by atoms with Gasteiger partial charge in [-0.3, -0.25) is 0 Å². The highest BCUT2D eigenvalue weighted by Gasteiger charge is 2.15. The van der Waals surface area contributed by atoms with Gasteiger partial charge in [0.1, 0.15) is 24.8 Å². The number of halogens is 2. The van der Waals surface area contributed by atoms with Crippen LogP contribution in [0, 0.1) is 11.6 Å². The Morgan fingerprint density at radius 1 is 1.05 bits per heavy atom. The maximum Gasteiger partial charge on any atom is 0.163 e. The van der Waals surface area contributed by atoms with Crippen molar-refractivity contribution in [3.63, 3.8) is 0 Å². The second kappa shape index (κ2) is 5.47. The van der Waals surface area contributed by atoms with E-state index in [0.717, 1.165) is 18.2 Å². The Morgan fingerprint density at radius 2 is 1.76 bits per heavy atom. The predicted octanol–water partition coefficient (Wildman–Crippen LogP) is 2.93. The lowest BCUT2D eigenvalue weighted by atomic mass is 10.2. The SMILES string of the molecule is Nc1cc2c(cc1NCc1cc(F)ccc1F)OCCO2. The van der Waals surface area contributed by atoms with E-state index in [1.54, 1.807) is 12.1 Å². The van der Waals surface area contributed by atoms with Crippen LogP contribution in [0.2, 0.25) is 0 Å². The molecule has 21 heavy (non-hydrogen) atoms. The van der Waals surface area contributed by atoms with Crippen molar-refractivity contribution >= 4 is 11.4 Å². The molecule has 3 rings (SSSR count). The Morgan fingerprint density at radius 3 is 2.52 bits per heavy atom. The number of benzene rings is 2. The van der Waals surface area contributed by atoms with Crippen molar-refractivity contribution in [1.29, 1.82) is 0 Å². The lowest BCUT2D eigenvalue weighted by Gasteiger charge is -2.20. The van der Waals surface area contributed by atoms with Crippen LogP contribution in [0.4, 0.5) is 20.2 Å². The maximum absolute atomic E-state index is 13.6. The summed E-state index contributed by atoms with van der Waals surface area (Å²) in [4.78, 5) is 0. The van der Waals surface area contributed by atoms with Gasteiger partial charge in [-0.2, -0.15) is 0 Å². The largest absolute Gasteiger partial charge is 0.486 e. The molecule has 4 nitrogen and oxygen atoms in total. The Bertz CT molecular complexity index is 677. The van der Waals surface area contributed by atoms with Gasteiger partial charge in [0.2, 0.25) is 0 Å². The van der Waals surface area contributed by atoms with E-state index in [2.05, 4.69) is 5.32 Å². The molecule has 1 aliphatic heterocycles. The van der Waals surface area contributed by atoms with Gasteiger partial charge in [-0.05, 0) is 18.2 Å². The summed E-state index contributed by atoms with van der Waals surface area (Å²) in [6.07, 6.45) is 0. The van der Waals surface area contributed by atoms with Crippen molar-refractivity contribution in [3.05, 3.63) is 47.5 Å². The molecule has 2 aromatic rings. The zero-order chi connectivity index (χ0) is 14.8. The maximum atomic E-state index is 13.6. The van der Waals surface area contributed by atoms with E-state index >= 15 is 0 Å². The molecule has 1 aliphatic rings. The molecule has 0 saturated heterocycles. The van der Waals surface area contributed by atoms with Gasteiger partial charge in [0, 0.05) is 24.2 Å². The summed E-state index contributed by atoms with van der Waals surface area (Å²) in [5.41, 5.74) is 7.18. The predicted molar refractivity (Wildman–Crippen MR) is 75.5 cm³/mol. The first-order chi connectivity index (χ1) is 10.1. The Labute approximate surface area is 120 Å². The molecule has 0 aromatic heterocycles. The van der Waals surface area contributed by atoms with E-state index in [1.807, 2.05) is 0 Å². The number of rotatable bonds is 3. The van der Waals surface area contributed by atoms with Crippen molar-refractivity contribution < 1.29 is 18.3 Å². The van der Waals surface area contributed by atoms with E-state index in [0.29, 0.717) is 36.1 Å². The highest BCUT2D eigenvalue weighted by molar-refractivity contribution is 5.72. The summed E-state index contributed by atoms with van der Waals surface area (Å²) >= 11 is 0. The van der Waals surface area contributed by atoms with E-state index in [4.69, 9.17) is 15.2 Å².